The van der Waals surface area contributed by atoms with Gasteiger partial charge in [0, 0.05) is 19.0 Å². The number of nitrogens with zero attached hydrogens (tertiary/aromatic N) is 1. The van der Waals surface area contributed by atoms with E-state index in [2.05, 4.69) is 4.90 Å². The van der Waals surface area contributed by atoms with E-state index in [-0.39, 0.29) is 0 Å². The molecule has 3 rings (SSSR count). The van der Waals surface area contributed by atoms with E-state index in [1.165, 1.54) is 64.5 Å². The van der Waals surface area contributed by atoms with Crippen molar-refractivity contribution in [3.05, 3.63) is 0 Å². The molecule has 1 aliphatic heterocycles. The van der Waals surface area contributed by atoms with Crippen molar-refractivity contribution in [3.63, 3.8) is 0 Å². The predicted molar refractivity (Wildman–Crippen MR) is 66.7 cm³/mol. The third-order valence-corrected chi connectivity index (χ3v) is 5.06. The zero-order valence-electron chi connectivity index (χ0n) is 10.3. The van der Waals surface area contributed by atoms with Crippen LogP contribution in [0.25, 0.3) is 0 Å². The van der Waals surface area contributed by atoms with E-state index in [1.54, 1.807) is 0 Å². The highest BCUT2D eigenvalue weighted by Gasteiger charge is 2.38. The fourth-order valence-electron chi connectivity index (χ4n) is 4.07. The van der Waals surface area contributed by atoms with Gasteiger partial charge in [-0.2, -0.15) is 0 Å². The Kier molecular flexibility index (Phi) is 2.91. The van der Waals surface area contributed by atoms with E-state index in [1.807, 2.05) is 0 Å². The molecule has 0 aromatic rings. The molecule has 0 aromatic heterocycles. The van der Waals surface area contributed by atoms with Crippen molar-refractivity contribution in [1.29, 1.82) is 5.41 Å². The summed E-state index contributed by atoms with van der Waals surface area (Å²) in [7, 11) is 0. The average molecular weight is 220 g/mol. The Morgan fingerprint density at radius 3 is 2.06 bits per heavy atom. The molecule has 1 heterocycles. The van der Waals surface area contributed by atoms with E-state index in [0.29, 0.717) is 5.92 Å². The van der Waals surface area contributed by atoms with E-state index < -0.39 is 0 Å². The summed E-state index contributed by atoms with van der Waals surface area (Å²) in [6.45, 7) is 2.42. The van der Waals surface area contributed by atoms with Crippen molar-refractivity contribution < 1.29 is 0 Å². The summed E-state index contributed by atoms with van der Waals surface area (Å²) in [4.78, 5) is 2.42. The Morgan fingerprint density at radius 1 is 0.812 bits per heavy atom. The van der Waals surface area contributed by atoms with Gasteiger partial charge in [0.05, 0.1) is 5.84 Å². The van der Waals surface area contributed by atoms with E-state index in [4.69, 9.17) is 5.41 Å². The van der Waals surface area contributed by atoms with Gasteiger partial charge in [-0.1, -0.05) is 25.7 Å². The smallest absolute Gasteiger partial charge is 0.0989 e. The summed E-state index contributed by atoms with van der Waals surface area (Å²) >= 11 is 0. The molecule has 3 fully saturated rings. The summed E-state index contributed by atoms with van der Waals surface area (Å²) < 4.78 is 0. The Bertz CT molecular complexity index is 256. The van der Waals surface area contributed by atoms with Crippen LogP contribution in [0.4, 0.5) is 0 Å². The first-order valence-electron chi connectivity index (χ1n) is 7.18. The number of fused-ring (bicyclic) bond motifs is 1. The van der Waals surface area contributed by atoms with Crippen molar-refractivity contribution in [3.8, 4) is 0 Å². The molecule has 0 amide bonds. The predicted octanol–water partition coefficient (Wildman–Crippen LogP) is 3.28. The van der Waals surface area contributed by atoms with Gasteiger partial charge in [0.25, 0.3) is 0 Å². The molecule has 2 heteroatoms. The van der Waals surface area contributed by atoms with Gasteiger partial charge >= 0.3 is 0 Å². The van der Waals surface area contributed by atoms with E-state index in [9.17, 15) is 0 Å². The summed E-state index contributed by atoms with van der Waals surface area (Å²) in [6.07, 6.45) is 11.0. The van der Waals surface area contributed by atoms with Gasteiger partial charge in [0.2, 0.25) is 0 Å². The van der Waals surface area contributed by atoms with Gasteiger partial charge in [-0.15, -0.1) is 0 Å². The molecule has 2 aliphatic carbocycles. The fraction of sp³-hybridized carbons (Fsp3) is 0.929. The lowest BCUT2D eigenvalue weighted by Crippen LogP contribution is -2.35. The number of hydrogen-bond donors (Lipinski definition) is 1. The zero-order chi connectivity index (χ0) is 11.0. The summed E-state index contributed by atoms with van der Waals surface area (Å²) in [5.41, 5.74) is 0. The molecule has 0 bridgehead atoms. The minimum Gasteiger partial charge on any atom is -0.360 e. The molecule has 1 N–H and O–H groups in total. The van der Waals surface area contributed by atoms with Gasteiger partial charge in [-0.3, -0.25) is 5.41 Å². The lowest BCUT2D eigenvalue weighted by molar-refractivity contribution is 0.373. The molecule has 2 nitrogen and oxygen atoms in total. The van der Waals surface area contributed by atoms with Crippen LogP contribution in [0, 0.1) is 23.2 Å². The molecule has 0 aromatic carbocycles. The van der Waals surface area contributed by atoms with Gasteiger partial charge < -0.3 is 4.90 Å². The monoisotopic (exact) mass is 220 g/mol. The van der Waals surface area contributed by atoms with Gasteiger partial charge in [0.15, 0.2) is 0 Å². The highest BCUT2D eigenvalue weighted by Crippen LogP contribution is 2.39. The molecule has 16 heavy (non-hydrogen) atoms. The third kappa shape index (κ3) is 1.87. The Hall–Kier alpha value is -0.530. The van der Waals surface area contributed by atoms with Crippen LogP contribution in [0.3, 0.4) is 0 Å². The SMILES string of the molecule is N=C(C1CCCCC1)N1CC2CCCC2C1. The minimum absolute atomic E-state index is 0.604. The summed E-state index contributed by atoms with van der Waals surface area (Å²) in [5.74, 6) is 3.47. The van der Waals surface area contributed by atoms with Gasteiger partial charge in [0.1, 0.15) is 0 Å². The number of nitrogens with one attached hydrogen (secondary N) is 1. The second-order valence-electron chi connectivity index (χ2n) is 6.08. The zero-order valence-corrected chi connectivity index (χ0v) is 10.3. The lowest BCUT2D eigenvalue weighted by atomic mass is 9.88. The Morgan fingerprint density at radius 2 is 1.44 bits per heavy atom. The molecule has 2 atom stereocenters. The van der Waals surface area contributed by atoms with Gasteiger partial charge in [-0.25, -0.2) is 0 Å². The van der Waals surface area contributed by atoms with Crippen LogP contribution in [0.5, 0.6) is 0 Å². The van der Waals surface area contributed by atoms with Crippen molar-refractivity contribution in [2.24, 2.45) is 17.8 Å². The first-order valence-corrected chi connectivity index (χ1v) is 7.18. The Labute approximate surface area is 98.9 Å². The fourth-order valence-corrected chi connectivity index (χ4v) is 4.07. The van der Waals surface area contributed by atoms with Crippen LogP contribution >= 0.6 is 0 Å². The van der Waals surface area contributed by atoms with Crippen LogP contribution in [-0.2, 0) is 0 Å². The average Bonchev–Trinajstić information content (AvgIpc) is 2.89. The molecular formula is C14H24N2. The van der Waals surface area contributed by atoms with Crippen LogP contribution in [0.15, 0.2) is 0 Å². The van der Waals surface area contributed by atoms with Crippen molar-refractivity contribution in [2.75, 3.05) is 13.1 Å². The maximum atomic E-state index is 8.39. The maximum absolute atomic E-state index is 8.39. The summed E-state index contributed by atoms with van der Waals surface area (Å²) in [6, 6.07) is 0. The van der Waals surface area contributed by atoms with E-state index in [0.717, 1.165) is 17.7 Å². The molecule has 90 valence electrons. The maximum Gasteiger partial charge on any atom is 0.0989 e. The molecule has 3 aliphatic rings. The number of hydrogen-bond acceptors (Lipinski definition) is 1. The second-order valence-corrected chi connectivity index (χ2v) is 6.08. The van der Waals surface area contributed by atoms with E-state index >= 15 is 0 Å². The van der Waals surface area contributed by atoms with Crippen molar-refractivity contribution in [1.82, 2.24) is 4.90 Å². The highest BCUT2D eigenvalue weighted by atomic mass is 15.2. The summed E-state index contributed by atoms with van der Waals surface area (Å²) in [5, 5.41) is 8.39. The van der Waals surface area contributed by atoms with Crippen LogP contribution in [0.2, 0.25) is 0 Å². The number of rotatable bonds is 1. The van der Waals surface area contributed by atoms with Gasteiger partial charge in [-0.05, 0) is 37.5 Å². The number of likely N-dealkylation sites (tertiary alicyclic amines) is 1. The highest BCUT2D eigenvalue weighted by molar-refractivity contribution is 5.82. The first kappa shape index (κ1) is 10.6. The minimum atomic E-state index is 0.604. The quantitative estimate of drug-likeness (QED) is 0.533. The lowest BCUT2D eigenvalue weighted by Gasteiger charge is -2.29. The molecule has 0 spiro atoms. The van der Waals surface area contributed by atoms with Crippen LogP contribution in [-0.4, -0.2) is 23.8 Å². The third-order valence-electron chi connectivity index (χ3n) is 5.06. The molecule has 2 unspecified atom stereocenters. The molecule has 0 radical (unpaired) electrons. The second kappa shape index (κ2) is 4.38. The molecular weight excluding hydrogens is 196 g/mol. The largest absolute Gasteiger partial charge is 0.360 e. The topological polar surface area (TPSA) is 27.1 Å². The normalized spacial score (nSPS) is 35.4. The van der Waals surface area contributed by atoms with Crippen LogP contribution < -0.4 is 0 Å². The molecule has 1 saturated heterocycles. The first-order chi connectivity index (χ1) is 7.84. The number of amidine groups is 1. The Balaban J connectivity index is 1.59. The molecule has 2 saturated carbocycles. The van der Waals surface area contributed by atoms with Crippen LogP contribution in [0.1, 0.15) is 51.4 Å². The van der Waals surface area contributed by atoms with Crippen molar-refractivity contribution in [2.45, 2.75) is 51.4 Å². The standard InChI is InChI=1S/C14H24N2/c15-14(11-5-2-1-3-6-11)16-9-12-7-4-8-13(12)10-16/h11-13,15H,1-10H2. The van der Waals surface area contributed by atoms with Crippen molar-refractivity contribution >= 4 is 5.84 Å².